The highest BCUT2D eigenvalue weighted by Gasteiger charge is 1.93. The number of nitrogens with zero attached hydrogens (tertiary/aromatic N) is 1. The van der Waals surface area contributed by atoms with Gasteiger partial charge in [0.2, 0.25) is 0 Å². The van der Waals surface area contributed by atoms with E-state index >= 15 is 0 Å². The maximum Gasteiger partial charge on any atom is 0.140 e. The van der Waals surface area contributed by atoms with Gasteiger partial charge >= 0.3 is 0 Å². The van der Waals surface area contributed by atoms with E-state index in [2.05, 4.69) is 4.98 Å². The van der Waals surface area contributed by atoms with Crippen molar-refractivity contribution in [2.75, 3.05) is 5.75 Å². The second-order valence-corrected chi connectivity index (χ2v) is 3.59. The smallest absolute Gasteiger partial charge is 0.140 e. The van der Waals surface area contributed by atoms with E-state index in [0.717, 1.165) is 12.1 Å². The zero-order valence-corrected chi connectivity index (χ0v) is 7.54. The second-order valence-electron chi connectivity index (χ2n) is 2.48. The van der Waals surface area contributed by atoms with E-state index in [4.69, 9.17) is 0 Å². The van der Waals surface area contributed by atoms with Crippen molar-refractivity contribution in [3.05, 3.63) is 30.1 Å². The van der Waals surface area contributed by atoms with E-state index < -0.39 is 10.7 Å². The first-order valence-corrected chi connectivity index (χ1v) is 5.17. The van der Waals surface area contributed by atoms with Gasteiger partial charge in [-0.2, -0.15) is 0 Å². The van der Waals surface area contributed by atoms with Gasteiger partial charge in [0, 0.05) is 17.6 Å². The fourth-order valence-corrected chi connectivity index (χ4v) is 1.35. The van der Waals surface area contributed by atoms with Crippen molar-refractivity contribution in [2.45, 2.75) is 12.8 Å². The number of aryl methyl sites for hydroxylation is 1. The van der Waals surface area contributed by atoms with Crippen molar-refractivity contribution in [3.8, 4) is 0 Å². The number of rotatable bonds is 4. The van der Waals surface area contributed by atoms with Crippen LogP contribution in [0.3, 0.4) is 0 Å². The van der Waals surface area contributed by atoms with Gasteiger partial charge in [-0.3, -0.25) is 4.98 Å². The van der Waals surface area contributed by atoms with Gasteiger partial charge in [0.1, 0.15) is 10.7 Å². The molecule has 0 aliphatic carbocycles. The van der Waals surface area contributed by atoms with Gasteiger partial charge in [0.05, 0.1) is 0 Å². The zero-order chi connectivity index (χ0) is 8.81. The molecule has 66 valence electrons. The van der Waals surface area contributed by atoms with Gasteiger partial charge in [-0.05, 0) is 25.0 Å². The molecule has 0 unspecified atom stereocenters. The fraction of sp³-hybridized carbons (Fsp3) is 0.375. The zero-order valence-electron chi connectivity index (χ0n) is 6.64. The van der Waals surface area contributed by atoms with Crippen molar-refractivity contribution < 1.29 is 8.42 Å². The minimum Gasteiger partial charge on any atom is -0.261 e. The molecule has 0 amide bonds. The molecule has 0 aliphatic rings. The lowest BCUT2D eigenvalue weighted by Gasteiger charge is -1.95. The van der Waals surface area contributed by atoms with Gasteiger partial charge in [-0.1, -0.05) is 6.07 Å². The van der Waals surface area contributed by atoms with Crippen molar-refractivity contribution >= 4 is 10.7 Å². The Kier molecular flexibility index (Phi) is 3.73. The molecular weight excluding hydrogens is 174 g/mol. The van der Waals surface area contributed by atoms with Crippen LogP contribution >= 0.6 is 0 Å². The van der Waals surface area contributed by atoms with Crippen LogP contribution in [0.15, 0.2) is 24.4 Å². The Bertz CT molecular complexity index is 287. The predicted molar refractivity (Wildman–Crippen MR) is 47.7 cm³/mol. The van der Waals surface area contributed by atoms with E-state index in [1.54, 1.807) is 6.20 Å². The molecule has 0 atom stereocenters. The summed E-state index contributed by atoms with van der Waals surface area (Å²) >= 11 is 0. The summed E-state index contributed by atoms with van der Waals surface area (Å²) in [7, 11) is -2.22. The Hall–Kier alpha value is -0.900. The first kappa shape index (κ1) is 9.19. The highest BCUT2D eigenvalue weighted by Crippen LogP contribution is 1.97. The standard InChI is InChI=1S/C8H11NO2S/c10-12(11)7-3-5-8-4-1-2-6-9-8/h1-2,4,6,12H,3,5,7H2. The molecule has 4 heteroatoms. The number of pyridine rings is 1. The minimum atomic E-state index is -2.22. The molecule has 1 aromatic rings. The van der Waals surface area contributed by atoms with Crippen LogP contribution < -0.4 is 0 Å². The van der Waals surface area contributed by atoms with Crippen LogP contribution in [0.2, 0.25) is 0 Å². The van der Waals surface area contributed by atoms with Crippen molar-refractivity contribution in [1.29, 1.82) is 0 Å². The molecule has 0 fully saturated rings. The molecule has 0 aliphatic heterocycles. The first-order chi connectivity index (χ1) is 5.79. The van der Waals surface area contributed by atoms with Gasteiger partial charge < -0.3 is 0 Å². The Balaban J connectivity index is 2.34. The molecule has 0 saturated heterocycles. The van der Waals surface area contributed by atoms with Crippen LogP contribution in [0.5, 0.6) is 0 Å². The summed E-state index contributed by atoms with van der Waals surface area (Å²) in [5, 5.41) is 0. The fourth-order valence-electron chi connectivity index (χ4n) is 0.935. The normalized spacial score (nSPS) is 10.4. The molecule has 0 N–H and O–H groups in total. The van der Waals surface area contributed by atoms with Crippen LogP contribution in [0.25, 0.3) is 0 Å². The van der Waals surface area contributed by atoms with Crippen LogP contribution in [-0.4, -0.2) is 19.2 Å². The lowest BCUT2D eigenvalue weighted by Crippen LogP contribution is -1.93. The summed E-state index contributed by atoms with van der Waals surface area (Å²) in [5.74, 6) is 0.256. The van der Waals surface area contributed by atoms with Crippen molar-refractivity contribution in [3.63, 3.8) is 0 Å². The molecule has 0 bridgehead atoms. The number of thiol groups is 1. The molecule has 0 radical (unpaired) electrons. The maximum absolute atomic E-state index is 10.2. The molecule has 12 heavy (non-hydrogen) atoms. The van der Waals surface area contributed by atoms with Crippen LogP contribution in [0.4, 0.5) is 0 Å². The summed E-state index contributed by atoms with van der Waals surface area (Å²) in [4.78, 5) is 4.08. The molecule has 1 aromatic heterocycles. The summed E-state index contributed by atoms with van der Waals surface area (Å²) in [6.45, 7) is 0. The summed E-state index contributed by atoms with van der Waals surface area (Å²) < 4.78 is 20.4. The van der Waals surface area contributed by atoms with Crippen LogP contribution in [0.1, 0.15) is 12.1 Å². The Morgan fingerprint density at radius 3 is 2.75 bits per heavy atom. The van der Waals surface area contributed by atoms with E-state index in [1.807, 2.05) is 18.2 Å². The van der Waals surface area contributed by atoms with Gasteiger partial charge in [-0.25, -0.2) is 8.42 Å². The Morgan fingerprint density at radius 2 is 2.17 bits per heavy atom. The summed E-state index contributed by atoms with van der Waals surface area (Å²) in [6, 6.07) is 5.65. The van der Waals surface area contributed by atoms with Crippen LogP contribution in [-0.2, 0) is 17.1 Å². The number of hydrogen-bond acceptors (Lipinski definition) is 3. The van der Waals surface area contributed by atoms with Gasteiger partial charge in [0.15, 0.2) is 0 Å². The topological polar surface area (TPSA) is 47.0 Å². The highest BCUT2D eigenvalue weighted by molar-refractivity contribution is 7.72. The molecule has 3 nitrogen and oxygen atoms in total. The van der Waals surface area contributed by atoms with E-state index in [-0.39, 0.29) is 5.75 Å². The van der Waals surface area contributed by atoms with Gasteiger partial charge in [-0.15, -0.1) is 0 Å². The van der Waals surface area contributed by atoms with E-state index in [0.29, 0.717) is 6.42 Å². The quantitative estimate of drug-likeness (QED) is 0.700. The van der Waals surface area contributed by atoms with E-state index in [1.165, 1.54) is 0 Å². The lowest BCUT2D eigenvalue weighted by molar-refractivity contribution is 0.611. The van der Waals surface area contributed by atoms with E-state index in [9.17, 15) is 8.42 Å². The average Bonchev–Trinajstić information content (AvgIpc) is 2.05. The predicted octanol–water partition coefficient (Wildman–Crippen LogP) is 0.626. The first-order valence-electron chi connectivity index (χ1n) is 3.81. The summed E-state index contributed by atoms with van der Waals surface area (Å²) in [5.41, 5.74) is 0.953. The molecule has 0 saturated carbocycles. The summed E-state index contributed by atoms with van der Waals surface area (Å²) in [6.07, 6.45) is 3.12. The monoisotopic (exact) mass is 185 g/mol. The maximum atomic E-state index is 10.2. The van der Waals surface area contributed by atoms with Crippen LogP contribution in [0, 0.1) is 0 Å². The average molecular weight is 185 g/mol. The third-order valence-electron chi connectivity index (χ3n) is 1.50. The Morgan fingerprint density at radius 1 is 1.33 bits per heavy atom. The second kappa shape index (κ2) is 4.87. The number of hydrogen-bond donors (Lipinski definition) is 1. The Labute approximate surface area is 73.4 Å². The van der Waals surface area contributed by atoms with Gasteiger partial charge in [0.25, 0.3) is 0 Å². The molecule has 1 heterocycles. The highest BCUT2D eigenvalue weighted by atomic mass is 32.2. The molecular formula is C8H11NO2S. The third kappa shape index (κ3) is 3.48. The lowest BCUT2D eigenvalue weighted by atomic mass is 10.2. The largest absolute Gasteiger partial charge is 0.261 e. The molecule has 1 rings (SSSR count). The molecule has 0 aromatic carbocycles. The van der Waals surface area contributed by atoms with Crippen molar-refractivity contribution in [2.24, 2.45) is 0 Å². The SMILES string of the molecule is O=[SH](=O)CCCc1ccccn1. The third-order valence-corrected chi connectivity index (χ3v) is 2.18. The number of aromatic nitrogens is 1. The van der Waals surface area contributed by atoms with Crippen molar-refractivity contribution in [1.82, 2.24) is 4.98 Å². The molecule has 0 spiro atoms. The minimum absolute atomic E-state index is 0.256.